The highest BCUT2D eigenvalue weighted by molar-refractivity contribution is 5.75. The monoisotopic (exact) mass is 280 g/mol. The lowest BCUT2D eigenvalue weighted by Crippen LogP contribution is -2.32. The van der Waals surface area contributed by atoms with Crippen molar-refractivity contribution in [1.82, 2.24) is 20.6 Å². The number of rotatable bonds is 7. The lowest BCUT2D eigenvalue weighted by molar-refractivity contribution is -0.121. The Morgan fingerprint density at radius 1 is 1.35 bits per heavy atom. The highest BCUT2D eigenvalue weighted by Crippen LogP contribution is 2.10. The molecule has 0 saturated carbocycles. The van der Waals surface area contributed by atoms with E-state index < -0.39 is 0 Å². The van der Waals surface area contributed by atoms with Crippen LogP contribution in [0.15, 0.2) is 4.79 Å². The van der Waals surface area contributed by atoms with Crippen LogP contribution in [0.4, 0.5) is 0 Å². The van der Waals surface area contributed by atoms with E-state index in [0.29, 0.717) is 30.9 Å². The van der Waals surface area contributed by atoms with Crippen molar-refractivity contribution in [1.29, 1.82) is 0 Å². The third kappa shape index (κ3) is 4.77. The number of amides is 1. The first-order valence-electron chi connectivity index (χ1n) is 7.03. The van der Waals surface area contributed by atoms with Gasteiger partial charge in [-0.2, -0.15) is 0 Å². The molecule has 3 N–H and O–H groups in total. The van der Waals surface area contributed by atoms with Crippen LogP contribution < -0.4 is 16.2 Å². The van der Waals surface area contributed by atoms with E-state index >= 15 is 0 Å². The van der Waals surface area contributed by atoms with Crippen molar-refractivity contribution in [3.8, 4) is 0 Å². The normalized spacial score (nSPS) is 12.2. The fourth-order valence-electron chi connectivity index (χ4n) is 2.10. The molecule has 0 aliphatic heterocycles. The first kappa shape index (κ1) is 16.4. The standard InChI is InChI=1S/C14H24N4O2/c1-5-7-16-12(19)6-8-15-9(2)13-10(3)17-11(4)18-14(13)20/h9,15H,5-8H2,1-4H3,(H,16,19)(H,17,18,20). The van der Waals surface area contributed by atoms with E-state index in [1.54, 1.807) is 6.92 Å². The third-order valence-corrected chi connectivity index (χ3v) is 3.07. The van der Waals surface area contributed by atoms with Gasteiger partial charge in [0.25, 0.3) is 5.56 Å². The molecule has 1 unspecified atom stereocenters. The molecule has 1 aromatic rings. The predicted octanol–water partition coefficient (Wildman–Crippen LogP) is 0.954. The average Bonchev–Trinajstić information content (AvgIpc) is 2.35. The van der Waals surface area contributed by atoms with Crippen LogP contribution in [0.2, 0.25) is 0 Å². The van der Waals surface area contributed by atoms with Crippen LogP contribution in [0.5, 0.6) is 0 Å². The Morgan fingerprint density at radius 2 is 2.05 bits per heavy atom. The van der Waals surface area contributed by atoms with Crippen molar-refractivity contribution in [2.75, 3.05) is 13.1 Å². The number of hydrogen-bond acceptors (Lipinski definition) is 4. The first-order valence-corrected chi connectivity index (χ1v) is 7.03. The predicted molar refractivity (Wildman–Crippen MR) is 78.7 cm³/mol. The number of nitrogens with zero attached hydrogens (tertiary/aromatic N) is 1. The minimum Gasteiger partial charge on any atom is -0.356 e. The van der Waals surface area contributed by atoms with Crippen LogP contribution in [0.25, 0.3) is 0 Å². The van der Waals surface area contributed by atoms with Crippen molar-refractivity contribution in [3.05, 3.63) is 27.4 Å². The summed E-state index contributed by atoms with van der Waals surface area (Å²) in [7, 11) is 0. The summed E-state index contributed by atoms with van der Waals surface area (Å²) in [5.74, 6) is 0.640. The van der Waals surface area contributed by atoms with Gasteiger partial charge >= 0.3 is 0 Å². The fourth-order valence-corrected chi connectivity index (χ4v) is 2.10. The lowest BCUT2D eigenvalue weighted by Gasteiger charge is -2.15. The molecule has 0 aromatic carbocycles. The molecule has 0 aliphatic rings. The van der Waals surface area contributed by atoms with Crippen LogP contribution in [-0.4, -0.2) is 29.0 Å². The highest BCUT2D eigenvalue weighted by atomic mass is 16.1. The topological polar surface area (TPSA) is 86.9 Å². The molecule has 0 saturated heterocycles. The highest BCUT2D eigenvalue weighted by Gasteiger charge is 2.14. The Bertz CT molecular complexity index is 510. The fraction of sp³-hybridized carbons (Fsp3) is 0.643. The molecule has 0 radical (unpaired) electrons. The molecular formula is C14H24N4O2. The second-order valence-corrected chi connectivity index (χ2v) is 4.93. The molecule has 1 atom stereocenters. The number of aromatic nitrogens is 2. The van der Waals surface area contributed by atoms with Gasteiger partial charge in [-0.25, -0.2) is 4.98 Å². The van der Waals surface area contributed by atoms with Crippen LogP contribution in [0.1, 0.15) is 49.8 Å². The van der Waals surface area contributed by atoms with Crippen LogP contribution in [-0.2, 0) is 4.79 Å². The van der Waals surface area contributed by atoms with Crippen molar-refractivity contribution in [2.24, 2.45) is 0 Å². The molecule has 1 rings (SSSR count). The average molecular weight is 280 g/mol. The minimum absolute atomic E-state index is 0.0270. The molecule has 0 aliphatic carbocycles. The van der Waals surface area contributed by atoms with E-state index in [1.807, 2.05) is 20.8 Å². The maximum absolute atomic E-state index is 11.9. The van der Waals surface area contributed by atoms with Gasteiger partial charge in [0.2, 0.25) is 5.91 Å². The second-order valence-electron chi connectivity index (χ2n) is 4.93. The molecule has 0 bridgehead atoms. The molecule has 6 heteroatoms. The van der Waals surface area contributed by atoms with Gasteiger partial charge in [0, 0.05) is 31.2 Å². The zero-order valence-corrected chi connectivity index (χ0v) is 12.7. The molecule has 0 spiro atoms. The van der Waals surface area contributed by atoms with E-state index in [9.17, 15) is 9.59 Å². The Hall–Kier alpha value is -1.69. The Labute approximate surface area is 119 Å². The molecule has 0 fully saturated rings. The Morgan fingerprint density at radius 3 is 2.65 bits per heavy atom. The number of H-pyrrole nitrogens is 1. The Balaban J connectivity index is 2.54. The van der Waals surface area contributed by atoms with Gasteiger partial charge in [-0.3, -0.25) is 9.59 Å². The van der Waals surface area contributed by atoms with Crippen molar-refractivity contribution in [3.63, 3.8) is 0 Å². The summed E-state index contributed by atoms with van der Waals surface area (Å²) in [5.41, 5.74) is 1.23. The molecule has 20 heavy (non-hydrogen) atoms. The number of nitrogens with one attached hydrogen (secondary N) is 3. The van der Waals surface area contributed by atoms with E-state index in [0.717, 1.165) is 12.1 Å². The van der Waals surface area contributed by atoms with Gasteiger partial charge in [-0.05, 0) is 27.2 Å². The summed E-state index contributed by atoms with van der Waals surface area (Å²) < 4.78 is 0. The van der Waals surface area contributed by atoms with E-state index in [1.165, 1.54) is 0 Å². The van der Waals surface area contributed by atoms with Crippen molar-refractivity contribution < 1.29 is 4.79 Å². The number of hydrogen-bond donors (Lipinski definition) is 3. The quantitative estimate of drug-likeness (QED) is 0.694. The second kappa shape index (κ2) is 7.79. The third-order valence-electron chi connectivity index (χ3n) is 3.07. The molecular weight excluding hydrogens is 256 g/mol. The van der Waals surface area contributed by atoms with Gasteiger partial charge in [0.15, 0.2) is 0 Å². The number of aromatic amines is 1. The smallest absolute Gasteiger partial charge is 0.255 e. The maximum Gasteiger partial charge on any atom is 0.255 e. The molecule has 1 aromatic heterocycles. The van der Waals surface area contributed by atoms with Crippen LogP contribution >= 0.6 is 0 Å². The van der Waals surface area contributed by atoms with E-state index in [2.05, 4.69) is 20.6 Å². The van der Waals surface area contributed by atoms with Gasteiger partial charge in [-0.1, -0.05) is 6.92 Å². The first-order chi connectivity index (χ1) is 9.45. The van der Waals surface area contributed by atoms with E-state index in [4.69, 9.17) is 0 Å². The van der Waals surface area contributed by atoms with Gasteiger partial charge in [0.05, 0.1) is 5.56 Å². The van der Waals surface area contributed by atoms with Gasteiger partial charge in [-0.15, -0.1) is 0 Å². The largest absolute Gasteiger partial charge is 0.356 e. The summed E-state index contributed by atoms with van der Waals surface area (Å²) in [6.45, 7) is 8.73. The lowest BCUT2D eigenvalue weighted by atomic mass is 10.1. The summed E-state index contributed by atoms with van der Waals surface area (Å²) >= 11 is 0. The van der Waals surface area contributed by atoms with Crippen LogP contribution in [0, 0.1) is 13.8 Å². The maximum atomic E-state index is 11.9. The molecule has 1 amide bonds. The SMILES string of the molecule is CCCNC(=O)CCNC(C)c1c(C)nc(C)[nH]c1=O. The van der Waals surface area contributed by atoms with Crippen molar-refractivity contribution in [2.45, 2.75) is 46.6 Å². The summed E-state index contributed by atoms with van der Waals surface area (Å²) in [6, 6.07) is -0.133. The number of aryl methyl sites for hydroxylation is 2. The zero-order valence-electron chi connectivity index (χ0n) is 12.7. The zero-order chi connectivity index (χ0) is 15.1. The Kier molecular flexibility index (Phi) is 6.38. The number of carbonyl (C=O) groups is 1. The van der Waals surface area contributed by atoms with Crippen molar-refractivity contribution >= 4 is 5.91 Å². The number of carbonyl (C=O) groups excluding carboxylic acids is 1. The van der Waals surface area contributed by atoms with E-state index in [-0.39, 0.29) is 17.5 Å². The summed E-state index contributed by atoms with van der Waals surface area (Å²) in [5, 5.41) is 6.00. The minimum atomic E-state index is -0.133. The summed E-state index contributed by atoms with van der Waals surface area (Å²) in [4.78, 5) is 30.4. The molecule has 112 valence electrons. The molecule has 6 nitrogen and oxygen atoms in total. The van der Waals surface area contributed by atoms with Gasteiger partial charge in [0.1, 0.15) is 5.82 Å². The van der Waals surface area contributed by atoms with Crippen LogP contribution in [0.3, 0.4) is 0 Å². The van der Waals surface area contributed by atoms with Gasteiger partial charge < -0.3 is 15.6 Å². The summed E-state index contributed by atoms with van der Waals surface area (Å²) in [6.07, 6.45) is 1.33. The molecule has 1 heterocycles.